The normalized spacial score (nSPS) is 12.1. The summed E-state index contributed by atoms with van der Waals surface area (Å²) in [6, 6.07) is 7.44. The Morgan fingerprint density at radius 3 is 2.55 bits per heavy atom. The van der Waals surface area contributed by atoms with Crippen LogP contribution < -0.4 is 0 Å². The van der Waals surface area contributed by atoms with Gasteiger partial charge in [-0.2, -0.15) is 4.31 Å². The van der Waals surface area contributed by atoms with E-state index in [1.807, 2.05) is 37.4 Å². The van der Waals surface area contributed by atoms with Crippen molar-refractivity contribution >= 4 is 37.3 Å². The van der Waals surface area contributed by atoms with Gasteiger partial charge in [-0.05, 0) is 53.0 Å². The number of hydrogen-bond acceptors (Lipinski definition) is 3. The van der Waals surface area contributed by atoms with E-state index >= 15 is 0 Å². The van der Waals surface area contributed by atoms with E-state index in [0.29, 0.717) is 11.4 Å². The van der Waals surface area contributed by atoms with Crippen molar-refractivity contribution in [3.8, 4) is 0 Å². The molecule has 0 radical (unpaired) electrons. The Hall–Kier alpha value is -0.690. The lowest BCUT2D eigenvalue weighted by molar-refractivity contribution is 0.469. The molecule has 20 heavy (non-hydrogen) atoms. The molecule has 1 aromatic carbocycles. The molecule has 2 rings (SSSR count). The number of thiophene rings is 1. The van der Waals surface area contributed by atoms with Crippen LogP contribution in [0.2, 0.25) is 0 Å². The van der Waals surface area contributed by atoms with Crippen LogP contribution in [-0.4, -0.2) is 19.8 Å². The average molecular weight is 374 g/mol. The van der Waals surface area contributed by atoms with Gasteiger partial charge >= 0.3 is 0 Å². The Labute approximate surface area is 132 Å². The monoisotopic (exact) mass is 373 g/mol. The largest absolute Gasteiger partial charge is 0.243 e. The highest BCUT2D eigenvalue weighted by atomic mass is 79.9. The van der Waals surface area contributed by atoms with Gasteiger partial charge < -0.3 is 0 Å². The van der Waals surface area contributed by atoms with E-state index in [4.69, 9.17) is 0 Å². The average Bonchev–Trinajstić information content (AvgIpc) is 2.77. The first-order chi connectivity index (χ1) is 9.30. The van der Waals surface area contributed by atoms with Gasteiger partial charge in [0.1, 0.15) is 0 Å². The second-order valence-corrected chi connectivity index (χ2v) is 8.69. The minimum Gasteiger partial charge on any atom is -0.207 e. The predicted octanol–water partition coefficient (Wildman–Crippen LogP) is 3.95. The van der Waals surface area contributed by atoms with Gasteiger partial charge in [0.25, 0.3) is 0 Å². The van der Waals surface area contributed by atoms with Crippen LogP contribution in [0, 0.1) is 13.8 Å². The minimum absolute atomic E-state index is 0.381. The zero-order valence-corrected chi connectivity index (χ0v) is 14.8. The molecule has 0 aliphatic heterocycles. The van der Waals surface area contributed by atoms with Crippen molar-refractivity contribution in [1.29, 1.82) is 0 Å². The Balaban J connectivity index is 2.32. The molecule has 0 N–H and O–H groups in total. The van der Waals surface area contributed by atoms with Crippen LogP contribution in [0.15, 0.2) is 39.0 Å². The van der Waals surface area contributed by atoms with Gasteiger partial charge in [0, 0.05) is 28.3 Å². The summed E-state index contributed by atoms with van der Waals surface area (Å²) in [5.41, 5.74) is 1.72. The van der Waals surface area contributed by atoms with Gasteiger partial charge in [0.2, 0.25) is 10.0 Å². The van der Waals surface area contributed by atoms with Crippen LogP contribution >= 0.6 is 27.3 Å². The number of aryl methyl sites for hydroxylation is 2. The quantitative estimate of drug-likeness (QED) is 0.813. The molecular formula is C14H16BrNO2S2. The van der Waals surface area contributed by atoms with Crippen molar-refractivity contribution in [3.05, 3.63) is 50.1 Å². The predicted molar refractivity (Wildman–Crippen MR) is 86.6 cm³/mol. The maximum Gasteiger partial charge on any atom is 0.243 e. The van der Waals surface area contributed by atoms with Gasteiger partial charge in [-0.3, -0.25) is 0 Å². The SMILES string of the molecule is Cc1ccc(C)c(S(=O)(=O)N(C)Cc2cc(Br)cs2)c1. The molecule has 2 aromatic rings. The van der Waals surface area contributed by atoms with Crippen LogP contribution in [-0.2, 0) is 16.6 Å². The fraction of sp³-hybridized carbons (Fsp3) is 0.286. The molecule has 108 valence electrons. The molecule has 0 saturated carbocycles. The molecule has 0 aliphatic carbocycles. The molecule has 1 aromatic heterocycles. The summed E-state index contributed by atoms with van der Waals surface area (Å²) in [4.78, 5) is 1.39. The van der Waals surface area contributed by atoms with E-state index in [1.165, 1.54) is 4.31 Å². The van der Waals surface area contributed by atoms with Gasteiger partial charge in [-0.15, -0.1) is 11.3 Å². The van der Waals surface area contributed by atoms with Crippen LogP contribution in [0.3, 0.4) is 0 Å². The van der Waals surface area contributed by atoms with Crippen LogP contribution in [0.4, 0.5) is 0 Å². The maximum absolute atomic E-state index is 12.6. The number of benzene rings is 1. The van der Waals surface area contributed by atoms with E-state index in [9.17, 15) is 8.42 Å². The summed E-state index contributed by atoms with van der Waals surface area (Å²) >= 11 is 4.92. The number of hydrogen-bond donors (Lipinski definition) is 0. The fourth-order valence-corrected chi connectivity index (χ4v) is 4.93. The molecule has 0 saturated heterocycles. The lowest BCUT2D eigenvalue weighted by Crippen LogP contribution is -2.26. The summed E-state index contributed by atoms with van der Waals surface area (Å²) in [6.45, 7) is 4.10. The highest BCUT2D eigenvalue weighted by molar-refractivity contribution is 9.10. The third-order valence-electron chi connectivity index (χ3n) is 3.03. The topological polar surface area (TPSA) is 37.4 Å². The first-order valence-corrected chi connectivity index (χ1v) is 9.18. The van der Waals surface area contributed by atoms with Crippen molar-refractivity contribution in [3.63, 3.8) is 0 Å². The molecule has 1 heterocycles. The summed E-state index contributed by atoms with van der Waals surface area (Å²) in [5, 5.41) is 1.95. The summed E-state index contributed by atoms with van der Waals surface area (Å²) in [5.74, 6) is 0. The Morgan fingerprint density at radius 1 is 1.25 bits per heavy atom. The molecule has 3 nitrogen and oxygen atoms in total. The van der Waals surface area contributed by atoms with Crippen molar-refractivity contribution < 1.29 is 8.42 Å². The third-order valence-corrected chi connectivity index (χ3v) is 6.66. The fourth-order valence-electron chi connectivity index (χ4n) is 1.89. The number of halogens is 1. The van der Waals surface area contributed by atoms with Crippen LogP contribution in [0.1, 0.15) is 16.0 Å². The lowest BCUT2D eigenvalue weighted by Gasteiger charge is -2.18. The van der Waals surface area contributed by atoms with E-state index in [1.54, 1.807) is 24.5 Å². The summed E-state index contributed by atoms with van der Waals surface area (Å²) in [6.07, 6.45) is 0. The molecule has 0 fully saturated rings. The van der Waals surface area contributed by atoms with Crippen molar-refractivity contribution in [2.24, 2.45) is 0 Å². The zero-order valence-electron chi connectivity index (χ0n) is 11.6. The Morgan fingerprint density at radius 2 is 1.95 bits per heavy atom. The van der Waals surface area contributed by atoms with E-state index in [2.05, 4.69) is 15.9 Å². The van der Waals surface area contributed by atoms with Crippen molar-refractivity contribution in [1.82, 2.24) is 4.31 Å². The molecule has 0 unspecified atom stereocenters. The molecule has 0 aliphatic rings. The van der Waals surface area contributed by atoms with Crippen LogP contribution in [0.5, 0.6) is 0 Å². The van der Waals surface area contributed by atoms with Crippen molar-refractivity contribution in [2.75, 3.05) is 7.05 Å². The number of nitrogens with zero attached hydrogens (tertiary/aromatic N) is 1. The smallest absolute Gasteiger partial charge is 0.207 e. The second-order valence-electron chi connectivity index (χ2n) is 4.76. The highest BCUT2D eigenvalue weighted by Crippen LogP contribution is 2.25. The van der Waals surface area contributed by atoms with E-state index < -0.39 is 10.0 Å². The van der Waals surface area contributed by atoms with E-state index in [-0.39, 0.29) is 0 Å². The second kappa shape index (κ2) is 5.97. The highest BCUT2D eigenvalue weighted by Gasteiger charge is 2.23. The minimum atomic E-state index is -3.46. The van der Waals surface area contributed by atoms with E-state index in [0.717, 1.165) is 20.5 Å². The van der Waals surface area contributed by atoms with Gasteiger partial charge in [0.15, 0.2) is 0 Å². The molecule has 0 bridgehead atoms. The first kappa shape index (κ1) is 15.7. The standard InChI is InChI=1S/C14H16BrNO2S2/c1-10-4-5-11(2)14(6-10)20(17,18)16(3)8-13-7-12(15)9-19-13/h4-7,9H,8H2,1-3H3. The summed E-state index contributed by atoms with van der Waals surface area (Å²) in [7, 11) is -1.84. The Kier molecular flexibility index (Phi) is 4.69. The van der Waals surface area contributed by atoms with Gasteiger partial charge in [0.05, 0.1) is 4.90 Å². The molecule has 0 atom stereocenters. The lowest BCUT2D eigenvalue weighted by atomic mass is 10.2. The number of rotatable bonds is 4. The molecular weight excluding hydrogens is 358 g/mol. The summed E-state index contributed by atoms with van der Waals surface area (Å²) < 4.78 is 27.6. The molecule has 0 spiro atoms. The first-order valence-electron chi connectivity index (χ1n) is 6.07. The van der Waals surface area contributed by atoms with Gasteiger partial charge in [-0.1, -0.05) is 12.1 Å². The molecule has 0 amide bonds. The maximum atomic E-state index is 12.6. The Bertz CT molecular complexity index is 723. The van der Waals surface area contributed by atoms with Crippen molar-refractivity contribution in [2.45, 2.75) is 25.3 Å². The zero-order chi connectivity index (χ0) is 14.9. The number of sulfonamides is 1. The van der Waals surface area contributed by atoms with Crippen LogP contribution in [0.25, 0.3) is 0 Å². The third kappa shape index (κ3) is 3.31. The molecule has 6 heteroatoms. The van der Waals surface area contributed by atoms with Gasteiger partial charge in [-0.25, -0.2) is 8.42 Å².